The monoisotopic (exact) mass is 587 g/mol. The fourth-order valence-electron chi connectivity index (χ4n) is 3.25. The van der Waals surface area contributed by atoms with Crippen LogP contribution in [0.1, 0.15) is 18.1 Å². The van der Waals surface area contributed by atoms with Crippen molar-refractivity contribution >= 4 is 62.5 Å². The van der Waals surface area contributed by atoms with Gasteiger partial charge in [-0.15, -0.1) is 0 Å². The Bertz CT molecular complexity index is 1300. The summed E-state index contributed by atoms with van der Waals surface area (Å²) in [6.45, 7) is 2.36. The molecule has 0 atom stereocenters. The molecular formula is C27H24BrCl2N3O3. The smallest absolute Gasteiger partial charge is 0.266 e. The van der Waals surface area contributed by atoms with Crippen LogP contribution in [0.15, 0.2) is 64.6 Å². The Morgan fingerprint density at radius 3 is 2.36 bits per heavy atom. The van der Waals surface area contributed by atoms with Crippen molar-refractivity contribution in [3.8, 4) is 17.6 Å². The minimum Gasteiger partial charge on any atom is -0.490 e. The number of hydrogen-bond acceptors (Lipinski definition) is 5. The molecule has 0 fully saturated rings. The lowest BCUT2D eigenvalue weighted by molar-refractivity contribution is -0.112. The van der Waals surface area contributed by atoms with Gasteiger partial charge in [-0.05, 0) is 83.0 Å². The van der Waals surface area contributed by atoms with Crippen molar-refractivity contribution in [1.29, 1.82) is 5.26 Å². The van der Waals surface area contributed by atoms with Gasteiger partial charge in [-0.2, -0.15) is 5.26 Å². The number of carbonyl (C=O) groups excluding carboxylic acids is 1. The molecule has 0 bridgehead atoms. The topological polar surface area (TPSA) is 74.6 Å². The number of nitriles is 1. The summed E-state index contributed by atoms with van der Waals surface area (Å²) in [6, 6.07) is 18.0. The van der Waals surface area contributed by atoms with Gasteiger partial charge in [-0.3, -0.25) is 4.79 Å². The van der Waals surface area contributed by atoms with E-state index in [2.05, 4.69) is 21.2 Å². The number of rotatable bonds is 9. The van der Waals surface area contributed by atoms with Crippen LogP contribution in [0.5, 0.6) is 11.5 Å². The van der Waals surface area contributed by atoms with E-state index in [1.54, 1.807) is 42.5 Å². The zero-order chi connectivity index (χ0) is 26.2. The number of nitrogens with one attached hydrogen (secondary N) is 1. The fraction of sp³-hybridized carbons (Fsp3) is 0.185. The van der Waals surface area contributed by atoms with E-state index < -0.39 is 5.91 Å². The highest BCUT2D eigenvalue weighted by Gasteiger charge is 2.16. The van der Waals surface area contributed by atoms with Crippen molar-refractivity contribution < 1.29 is 14.3 Å². The van der Waals surface area contributed by atoms with E-state index >= 15 is 0 Å². The molecular weight excluding hydrogens is 565 g/mol. The van der Waals surface area contributed by atoms with Crippen LogP contribution < -0.4 is 19.7 Å². The lowest BCUT2D eigenvalue weighted by Gasteiger charge is -2.16. The van der Waals surface area contributed by atoms with Crippen LogP contribution >= 0.6 is 39.1 Å². The predicted octanol–water partition coefficient (Wildman–Crippen LogP) is 7.35. The molecule has 36 heavy (non-hydrogen) atoms. The van der Waals surface area contributed by atoms with Gasteiger partial charge in [0.2, 0.25) is 0 Å². The molecule has 0 spiro atoms. The van der Waals surface area contributed by atoms with Gasteiger partial charge in [-0.1, -0.05) is 29.3 Å². The van der Waals surface area contributed by atoms with Crippen molar-refractivity contribution in [2.75, 3.05) is 30.9 Å². The molecule has 0 radical (unpaired) electrons. The first kappa shape index (κ1) is 27.4. The quantitative estimate of drug-likeness (QED) is 0.209. The third-order valence-corrected chi connectivity index (χ3v) is 6.37. The van der Waals surface area contributed by atoms with Crippen molar-refractivity contribution in [1.82, 2.24) is 0 Å². The molecule has 0 saturated carbocycles. The van der Waals surface area contributed by atoms with Crippen LogP contribution in [0.2, 0.25) is 10.0 Å². The molecule has 186 valence electrons. The summed E-state index contributed by atoms with van der Waals surface area (Å²) in [5.74, 6) is 0.380. The Labute approximate surface area is 229 Å². The van der Waals surface area contributed by atoms with Crippen LogP contribution in [-0.4, -0.2) is 26.6 Å². The summed E-state index contributed by atoms with van der Waals surface area (Å²) in [4.78, 5) is 14.7. The molecule has 3 rings (SSSR count). The standard InChI is InChI=1S/C27H24BrCl2N3O3/c1-4-35-25-14-17(13-22(28)26(25)36-16-21-23(29)6-5-7-24(21)30)12-18(15-31)27(34)32-19-8-10-20(11-9-19)33(2)3/h5-14H,4,16H2,1-3H3,(H,32,34)/b18-12-. The summed E-state index contributed by atoms with van der Waals surface area (Å²) in [5, 5.41) is 13.4. The van der Waals surface area contributed by atoms with Crippen LogP contribution in [-0.2, 0) is 11.4 Å². The number of anilines is 2. The van der Waals surface area contributed by atoms with Gasteiger partial charge in [0, 0.05) is 41.1 Å². The van der Waals surface area contributed by atoms with E-state index in [4.69, 9.17) is 32.7 Å². The lowest BCUT2D eigenvalue weighted by atomic mass is 10.1. The molecule has 1 amide bonds. The van der Waals surface area contributed by atoms with Crippen molar-refractivity contribution in [2.24, 2.45) is 0 Å². The Morgan fingerprint density at radius 1 is 1.11 bits per heavy atom. The van der Waals surface area contributed by atoms with Gasteiger partial charge < -0.3 is 19.7 Å². The second-order valence-corrected chi connectivity index (χ2v) is 9.49. The van der Waals surface area contributed by atoms with Gasteiger partial charge >= 0.3 is 0 Å². The largest absolute Gasteiger partial charge is 0.490 e. The first-order valence-corrected chi connectivity index (χ1v) is 12.5. The normalized spacial score (nSPS) is 11.0. The Kier molecular flexibility index (Phi) is 9.65. The lowest BCUT2D eigenvalue weighted by Crippen LogP contribution is -2.14. The minimum atomic E-state index is -0.516. The van der Waals surface area contributed by atoms with Crippen molar-refractivity contribution in [3.63, 3.8) is 0 Å². The van der Waals surface area contributed by atoms with Gasteiger partial charge in [0.05, 0.1) is 11.1 Å². The number of benzene rings is 3. The van der Waals surface area contributed by atoms with Gasteiger partial charge in [0.1, 0.15) is 18.2 Å². The second-order valence-electron chi connectivity index (χ2n) is 7.82. The number of halogens is 3. The number of ether oxygens (including phenoxy) is 2. The summed E-state index contributed by atoms with van der Waals surface area (Å²) < 4.78 is 12.4. The maximum atomic E-state index is 12.7. The SMILES string of the molecule is CCOc1cc(/C=C(/C#N)C(=O)Nc2ccc(N(C)C)cc2)cc(Br)c1OCc1c(Cl)cccc1Cl. The molecule has 9 heteroatoms. The zero-order valence-electron chi connectivity index (χ0n) is 19.9. The average Bonchev–Trinajstić information content (AvgIpc) is 2.84. The first-order chi connectivity index (χ1) is 17.2. The number of nitrogens with zero attached hydrogens (tertiary/aromatic N) is 2. The molecule has 6 nitrogen and oxygen atoms in total. The molecule has 0 aliphatic carbocycles. The molecule has 0 aliphatic rings. The van der Waals surface area contributed by atoms with E-state index in [9.17, 15) is 10.1 Å². The minimum absolute atomic E-state index is 0.0578. The number of carbonyl (C=O) groups is 1. The summed E-state index contributed by atoms with van der Waals surface area (Å²) in [5.41, 5.74) is 2.77. The van der Waals surface area contributed by atoms with Crippen molar-refractivity contribution in [3.05, 3.63) is 85.8 Å². The van der Waals surface area contributed by atoms with Gasteiger partial charge in [-0.25, -0.2) is 0 Å². The van der Waals surface area contributed by atoms with E-state index in [1.807, 2.05) is 44.1 Å². The molecule has 0 saturated heterocycles. The van der Waals surface area contributed by atoms with E-state index in [1.165, 1.54) is 6.08 Å². The fourth-order valence-corrected chi connectivity index (χ4v) is 4.33. The third kappa shape index (κ3) is 6.94. The second kappa shape index (κ2) is 12.7. The van der Waals surface area contributed by atoms with Crippen LogP contribution in [0.4, 0.5) is 11.4 Å². The highest BCUT2D eigenvalue weighted by atomic mass is 79.9. The zero-order valence-corrected chi connectivity index (χ0v) is 23.0. The summed E-state index contributed by atoms with van der Waals surface area (Å²) in [7, 11) is 3.86. The molecule has 3 aromatic carbocycles. The van der Waals surface area contributed by atoms with Gasteiger partial charge in [0.15, 0.2) is 11.5 Å². The summed E-state index contributed by atoms with van der Waals surface area (Å²) in [6.07, 6.45) is 1.49. The summed E-state index contributed by atoms with van der Waals surface area (Å²) >= 11 is 16.0. The Balaban J connectivity index is 1.84. The molecule has 3 aromatic rings. The maximum absolute atomic E-state index is 12.7. The van der Waals surface area contributed by atoms with Crippen LogP contribution in [0.25, 0.3) is 6.08 Å². The highest BCUT2D eigenvalue weighted by Crippen LogP contribution is 2.39. The van der Waals surface area contributed by atoms with Gasteiger partial charge in [0.25, 0.3) is 5.91 Å². The highest BCUT2D eigenvalue weighted by molar-refractivity contribution is 9.10. The first-order valence-electron chi connectivity index (χ1n) is 11.0. The molecule has 0 heterocycles. The third-order valence-electron chi connectivity index (χ3n) is 5.07. The average molecular weight is 589 g/mol. The number of hydrogen-bond donors (Lipinski definition) is 1. The molecule has 1 N–H and O–H groups in total. The predicted molar refractivity (Wildman–Crippen MR) is 149 cm³/mol. The van der Waals surface area contributed by atoms with Crippen molar-refractivity contribution in [2.45, 2.75) is 13.5 Å². The van der Waals surface area contributed by atoms with Crippen LogP contribution in [0, 0.1) is 11.3 Å². The molecule has 0 aliphatic heterocycles. The molecule has 0 unspecified atom stereocenters. The number of amides is 1. The Morgan fingerprint density at radius 2 is 1.78 bits per heavy atom. The van der Waals surface area contributed by atoms with E-state index in [-0.39, 0.29) is 12.2 Å². The van der Waals surface area contributed by atoms with E-state index in [0.29, 0.717) is 49.4 Å². The molecule has 0 aromatic heterocycles. The maximum Gasteiger partial charge on any atom is 0.266 e. The van der Waals surface area contributed by atoms with Crippen LogP contribution in [0.3, 0.4) is 0 Å². The van der Waals surface area contributed by atoms with E-state index in [0.717, 1.165) is 5.69 Å². The Hall–Kier alpha value is -3.18.